The standard InChI is InChI=1S/C10H11ClN4O.C2H6/c11-10-12-5-7-6-13-15(9(7)14-10)8-1-3-16-4-2-8;1-2/h5-6,8H,1-4H2;1-2H3. The van der Waals surface area contributed by atoms with Crippen molar-refractivity contribution in [2.24, 2.45) is 0 Å². The summed E-state index contributed by atoms with van der Waals surface area (Å²) < 4.78 is 7.27. The second-order valence-electron chi connectivity index (χ2n) is 3.85. The van der Waals surface area contributed by atoms with Crippen LogP contribution in [0.3, 0.4) is 0 Å². The Morgan fingerprint density at radius 1 is 1.28 bits per heavy atom. The Morgan fingerprint density at radius 2 is 2.00 bits per heavy atom. The van der Waals surface area contributed by atoms with Crippen molar-refractivity contribution in [1.29, 1.82) is 0 Å². The number of rotatable bonds is 1. The van der Waals surface area contributed by atoms with Crippen LogP contribution in [0.1, 0.15) is 32.7 Å². The normalized spacial score (nSPS) is 16.4. The third-order valence-corrected chi connectivity index (χ3v) is 3.02. The zero-order valence-electron chi connectivity index (χ0n) is 10.6. The maximum atomic E-state index is 5.80. The molecule has 18 heavy (non-hydrogen) atoms. The number of nitrogens with zero attached hydrogens (tertiary/aromatic N) is 4. The van der Waals surface area contributed by atoms with Crippen LogP contribution in [0.25, 0.3) is 11.0 Å². The summed E-state index contributed by atoms with van der Waals surface area (Å²) >= 11 is 5.80. The van der Waals surface area contributed by atoms with Crippen molar-refractivity contribution in [2.45, 2.75) is 32.7 Å². The van der Waals surface area contributed by atoms with Crippen LogP contribution in [0.2, 0.25) is 5.28 Å². The van der Waals surface area contributed by atoms with Crippen LogP contribution in [-0.2, 0) is 4.74 Å². The molecule has 2 aromatic heterocycles. The summed E-state index contributed by atoms with van der Waals surface area (Å²) in [6, 6.07) is 0.359. The van der Waals surface area contributed by atoms with E-state index in [1.54, 1.807) is 12.4 Å². The van der Waals surface area contributed by atoms with Crippen LogP contribution < -0.4 is 0 Å². The molecule has 5 nitrogen and oxygen atoms in total. The molecular weight excluding hydrogens is 252 g/mol. The molecule has 2 aromatic rings. The Hall–Kier alpha value is -1.20. The van der Waals surface area contributed by atoms with E-state index in [0.29, 0.717) is 6.04 Å². The molecule has 0 radical (unpaired) electrons. The molecule has 0 unspecified atom stereocenters. The number of fused-ring (bicyclic) bond motifs is 1. The molecule has 0 atom stereocenters. The van der Waals surface area contributed by atoms with Gasteiger partial charge in [-0.3, -0.25) is 0 Å². The van der Waals surface area contributed by atoms with Gasteiger partial charge in [-0.2, -0.15) is 10.1 Å². The van der Waals surface area contributed by atoms with Crippen molar-refractivity contribution < 1.29 is 4.74 Å². The Labute approximate surface area is 111 Å². The van der Waals surface area contributed by atoms with Crippen molar-refractivity contribution in [1.82, 2.24) is 19.7 Å². The van der Waals surface area contributed by atoms with E-state index < -0.39 is 0 Å². The monoisotopic (exact) mass is 268 g/mol. The summed E-state index contributed by atoms with van der Waals surface area (Å²) in [5.41, 5.74) is 0.812. The van der Waals surface area contributed by atoms with Gasteiger partial charge in [-0.05, 0) is 24.4 Å². The highest BCUT2D eigenvalue weighted by atomic mass is 35.5. The molecule has 1 saturated heterocycles. The average molecular weight is 269 g/mol. The number of hydrogen-bond donors (Lipinski definition) is 0. The fraction of sp³-hybridized carbons (Fsp3) is 0.583. The second-order valence-corrected chi connectivity index (χ2v) is 4.19. The Balaban J connectivity index is 0.000000574. The van der Waals surface area contributed by atoms with Gasteiger partial charge in [0.2, 0.25) is 5.28 Å². The summed E-state index contributed by atoms with van der Waals surface area (Å²) in [5.74, 6) is 0. The number of aromatic nitrogens is 4. The van der Waals surface area contributed by atoms with Crippen molar-refractivity contribution in [3.05, 3.63) is 17.7 Å². The smallest absolute Gasteiger partial charge is 0.224 e. The van der Waals surface area contributed by atoms with Gasteiger partial charge in [0.25, 0.3) is 0 Å². The Bertz CT molecular complexity index is 508. The highest BCUT2D eigenvalue weighted by Crippen LogP contribution is 2.24. The second kappa shape index (κ2) is 6.11. The maximum Gasteiger partial charge on any atom is 0.224 e. The minimum Gasteiger partial charge on any atom is -0.381 e. The van der Waals surface area contributed by atoms with Gasteiger partial charge in [0, 0.05) is 19.4 Å². The van der Waals surface area contributed by atoms with Crippen molar-refractivity contribution in [3.63, 3.8) is 0 Å². The first kappa shape index (κ1) is 13.2. The molecule has 3 rings (SSSR count). The summed E-state index contributed by atoms with van der Waals surface area (Å²) in [6.07, 6.45) is 5.42. The van der Waals surface area contributed by atoms with E-state index in [9.17, 15) is 0 Å². The molecular formula is C12H17ClN4O. The molecule has 0 aromatic carbocycles. The van der Waals surface area contributed by atoms with Crippen molar-refractivity contribution in [3.8, 4) is 0 Å². The van der Waals surface area contributed by atoms with Crippen LogP contribution in [0.15, 0.2) is 12.4 Å². The largest absolute Gasteiger partial charge is 0.381 e. The van der Waals surface area contributed by atoms with Crippen molar-refractivity contribution in [2.75, 3.05) is 13.2 Å². The molecule has 0 amide bonds. The predicted molar refractivity (Wildman–Crippen MR) is 70.8 cm³/mol. The van der Waals surface area contributed by atoms with Crippen LogP contribution in [0.5, 0.6) is 0 Å². The van der Waals surface area contributed by atoms with E-state index in [2.05, 4.69) is 15.1 Å². The highest BCUT2D eigenvalue weighted by molar-refractivity contribution is 6.28. The minimum atomic E-state index is 0.265. The first-order valence-corrected chi connectivity index (χ1v) is 6.66. The highest BCUT2D eigenvalue weighted by Gasteiger charge is 2.19. The zero-order valence-corrected chi connectivity index (χ0v) is 11.4. The molecule has 1 aliphatic rings. The number of ether oxygens (including phenoxy) is 1. The van der Waals surface area contributed by atoms with E-state index in [1.807, 2.05) is 18.5 Å². The topological polar surface area (TPSA) is 52.8 Å². The van der Waals surface area contributed by atoms with E-state index >= 15 is 0 Å². The third kappa shape index (κ3) is 2.62. The molecule has 98 valence electrons. The lowest BCUT2D eigenvalue weighted by molar-refractivity contribution is 0.0673. The van der Waals surface area contributed by atoms with E-state index in [4.69, 9.17) is 16.3 Å². The van der Waals surface area contributed by atoms with E-state index in [-0.39, 0.29) is 5.28 Å². The average Bonchev–Trinajstić information content (AvgIpc) is 2.85. The molecule has 1 fully saturated rings. The van der Waals surface area contributed by atoms with Crippen LogP contribution in [0, 0.1) is 0 Å². The van der Waals surface area contributed by atoms with Gasteiger partial charge >= 0.3 is 0 Å². The number of hydrogen-bond acceptors (Lipinski definition) is 4. The van der Waals surface area contributed by atoms with E-state index in [0.717, 1.165) is 37.1 Å². The summed E-state index contributed by atoms with van der Waals surface area (Å²) in [4.78, 5) is 8.17. The summed E-state index contributed by atoms with van der Waals surface area (Å²) in [7, 11) is 0. The molecule has 0 bridgehead atoms. The molecule has 0 N–H and O–H groups in total. The summed E-state index contributed by atoms with van der Waals surface area (Å²) in [5, 5.41) is 5.55. The van der Waals surface area contributed by atoms with Gasteiger partial charge in [0.1, 0.15) is 0 Å². The van der Waals surface area contributed by atoms with Gasteiger partial charge in [0.15, 0.2) is 5.65 Å². The van der Waals surface area contributed by atoms with Gasteiger partial charge in [0.05, 0.1) is 17.6 Å². The lowest BCUT2D eigenvalue weighted by atomic mass is 10.1. The SMILES string of the molecule is CC.Clc1ncc2cnn(C3CCOCC3)c2n1. The molecule has 1 aliphatic heterocycles. The molecule has 6 heteroatoms. The lowest BCUT2D eigenvalue weighted by Crippen LogP contribution is -2.20. The zero-order chi connectivity index (χ0) is 13.0. The molecule has 0 spiro atoms. The first-order valence-electron chi connectivity index (χ1n) is 6.28. The lowest BCUT2D eigenvalue weighted by Gasteiger charge is -2.22. The quantitative estimate of drug-likeness (QED) is 0.747. The van der Waals surface area contributed by atoms with Gasteiger partial charge in [-0.1, -0.05) is 13.8 Å². The summed E-state index contributed by atoms with van der Waals surface area (Å²) in [6.45, 7) is 5.57. The maximum absolute atomic E-state index is 5.80. The van der Waals surface area contributed by atoms with Crippen molar-refractivity contribution >= 4 is 22.6 Å². The van der Waals surface area contributed by atoms with Gasteiger partial charge < -0.3 is 4.74 Å². The Kier molecular flexibility index (Phi) is 4.49. The fourth-order valence-corrected chi connectivity index (χ4v) is 2.14. The molecule has 0 saturated carbocycles. The first-order chi connectivity index (χ1) is 8.84. The third-order valence-electron chi connectivity index (χ3n) is 2.84. The predicted octanol–water partition coefficient (Wildman–Crippen LogP) is 2.86. The van der Waals surface area contributed by atoms with Crippen LogP contribution in [0.4, 0.5) is 0 Å². The molecule has 3 heterocycles. The van der Waals surface area contributed by atoms with Crippen LogP contribution >= 0.6 is 11.6 Å². The number of halogens is 1. The Morgan fingerprint density at radius 3 is 2.72 bits per heavy atom. The molecule has 0 aliphatic carbocycles. The minimum absolute atomic E-state index is 0.265. The fourth-order valence-electron chi connectivity index (χ4n) is 2.01. The van der Waals surface area contributed by atoms with Gasteiger partial charge in [-0.25, -0.2) is 9.67 Å². The van der Waals surface area contributed by atoms with Crippen LogP contribution in [-0.4, -0.2) is 33.0 Å². The van der Waals surface area contributed by atoms with E-state index in [1.165, 1.54) is 0 Å². The van der Waals surface area contributed by atoms with Gasteiger partial charge in [-0.15, -0.1) is 0 Å².